The minimum absolute atomic E-state index is 0.201. The molecule has 0 bridgehead atoms. The van der Waals surface area contributed by atoms with E-state index in [2.05, 4.69) is 148 Å². The number of hydrogen-bond donors (Lipinski definition) is 1. The van der Waals surface area contributed by atoms with Gasteiger partial charge < -0.3 is 10.0 Å². The largest absolute Gasteiger partial charge is 0.494 e. The molecular weight excluding hydrogens is 705 g/mol. The van der Waals surface area contributed by atoms with Crippen molar-refractivity contribution in [1.82, 2.24) is 9.13 Å². The zero-order chi connectivity index (χ0) is 40.4. The molecule has 7 heteroatoms. The Balaban J connectivity index is 1.34. The maximum atomic E-state index is 14.4. The summed E-state index contributed by atoms with van der Waals surface area (Å²) in [5.74, 6) is -0.267. The summed E-state index contributed by atoms with van der Waals surface area (Å²) in [7, 11) is 0. The summed E-state index contributed by atoms with van der Waals surface area (Å²) in [5.41, 5.74) is 8.82. The predicted octanol–water partition coefficient (Wildman–Crippen LogP) is 10.3. The highest BCUT2D eigenvalue weighted by Crippen LogP contribution is 2.51. The number of nitrogens with zero attached hydrogens (tertiary/aromatic N) is 4. The summed E-state index contributed by atoms with van der Waals surface area (Å²) in [6.07, 6.45) is 11.2. The van der Waals surface area contributed by atoms with Crippen LogP contribution in [0, 0.1) is 0 Å². The fourth-order valence-electron chi connectivity index (χ4n) is 10.2. The number of rotatable bonds is 8. The zero-order valence-corrected chi connectivity index (χ0v) is 34.7. The Bertz CT molecular complexity index is 2770. The molecule has 0 amide bonds. The normalized spacial score (nSPS) is 18.9. The molecule has 3 aliphatic rings. The molecule has 0 fully saturated rings. The monoisotopic (exact) mass is 759 g/mol. The van der Waals surface area contributed by atoms with Crippen molar-refractivity contribution in [2.24, 2.45) is 0 Å². The Morgan fingerprint density at radius 1 is 0.719 bits per heavy atom. The minimum atomic E-state index is -0.490. The molecular formula is C50H55N4O3+. The van der Waals surface area contributed by atoms with Crippen LogP contribution in [-0.4, -0.2) is 37.6 Å². The van der Waals surface area contributed by atoms with E-state index in [4.69, 9.17) is 0 Å². The van der Waals surface area contributed by atoms with E-state index in [1.807, 2.05) is 13.8 Å². The van der Waals surface area contributed by atoms with E-state index in [1.54, 1.807) is 0 Å². The molecule has 0 radical (unpaired) electrons. The molecule has 1 aromatic heterocycles. The van der Waals surface area contributed by atoms with Gasteiger partial charge in [-0.2, -0.15) is 4.58 Å². The number of benzene rings is 4. The second-order valence-electron chi connectivity index (χ2n) is 16.6. The average Bonchev–Trinajstić information content (AvgIpc) is 3.57. The van der Waals surface area contributed by atoms with Crippen LogP contribution in [0.5, 0.6) is 5.88 Å². The Labute approximate surface area is 335 Å². The molecule has 2 aliphatic heterocycles. The molecule has 7 nitrogen and oxygen atoms in total. The Kier molecular flexibility index (Phi) is 9.62. The van der Waals surface area contributed by atoms with Gasteiger partial charge in [-0.1, -0.05) is 80.6 Å². The molecule has 1 N–H and O–H groups in total. The number of aromatic nitrogens is 2. The topological polar surface area (TPSA) is 70.5 Å². The SMILES string of the molecule is CCN1/C(=C/C=C2\CCCC(/C=C/C3=[N+](CC)c4ccc5ccccc5c4C3(C)C)=C2c2c(O)n(CC)c(=O)n(CC)c2=O)C(C)(C)c2c1ccc1ccccc21. The quantitative estimate of drug-likeness (QED) is 0.160. The molecule has 0 unspecified atom stereocenters. The van der Waals surface area contributed by atoms with Crippen molar-refractivity contribution in [3.05, 3.63) is 151 Å². The van der Waals surface area contributed by atoms with Gasteiger partial charge in [0.25, 0.3) is 5.56 Å². The van der Waals surface area contributed by atoms with Gasteiger partial charge in [-0.15, -0.1) is 0 Å². The second kappa shape index (κ2) is 14.4. The summed E-state index contributed by atoms with van der Waals surface area (Å²) >= 11 is 0. The highest BCUT2D eigenvalue weighted by Gasteiger charge is 2.45. The van der Waals surface area contributed by atoms with Crippen molar-refractivity contribution >= 4 is 44.2 Å². The first-order valence-electron chi connectivity index (χ1n) is 20.8. The van der Waals surface area contributed by atoms with Gasteiger partial charge in [0.15, 0.2) is 5.71 Å². The lowest BCUT2D eigenvalue weighted by atomic mass is 9.78. The molecule has 4 aromatic carbocycles. The van der Waals surface area contributed by atoms with Crippen molar-refractivity contribution in [1.29, 1.82) is 0 Å². The summed E-state index contributed by atoms with van der Waals surface area (Å²) in [6.45, 7) is 19.3. The van der Waals surface area contributed by atoms with Gasteiger partial charge in [0, 0.05) is 54.1 Å². The minimum Gasteiger partial charge on any atom is -0.494 e. The summed E-state index contributed by atoms with van der Waals surface area (Å²) in [4.78, 5) is 30.3. The predicted molar refractivity (Wildman–Crippen MR) is 236 cm³/mol. The van der Waals surface area contributed by atoms with Gasteiger partial charge in [-0.3, -0.25) is 13.9 Å². The molecule has 57 heavy (non-hydrogen) atoms. The molecule has 0 spiro atoms. The van der Waals surface area contributed by atoms with Crippen LogP contribution >= 0.6 is 0 Å². The molecule has 8 rings (SSSR count). The van der Waals surface area contributed by atoms with Gasteiger partial charge in [0.1, 0.15) is 12.1 Å². The van der Waals surface area contributed by atoms with Gasteiger partial charge in [0.2, 0.25) is 11.6 Å². The van der Waals surface area contributed by atoms with Crippen LogP contribution in [0.3, 0.4) is 0 Å². The van der Waals surface area contributed by atoms with Gasteiger partial charge in [-0.05, 0) is 123 Å². The van der Waals surface area contributed by atoms with Crippen molar-refractivity contribution in [3.63, 3.8) is 0 Å². The molecule has 0 atom stereocenters. The molecule has 292 valence electrons. The molecule has 0 saturated carbocycles. The number of fused-ring (bicyclic) bond motifs is 6. The van der Waals surface area contributed by atoms with E-state index in [-0.39, 0.29) is 35.4 Å². The van der Waals surface area contributed by atoms with Crippen LogP contribution in [0.25, 0.3) is 27.1 Å². The molecule has 5 aromatic rings. The number of likely N-dealkylation sites (N-methyl/N-ethyl adjacent to an activating group) is 1. The average molecular weight is 760 g/mol. The fourth-order valence-corrected chi connectivity index (χ4v) is 10.2. The molecule has 0 saturated heterocycles. The van der Waals surface area contributed by atoms with Crippen LogP contribution in [0.2, 0.25) is 0 Å². The lowest BCUT2D eigenvalue weighted by Crippen LogP contribution is -2.41. The lowest BCUT2D eigenvalue weighted by Gasteiger charge is -2.27. The standard InChI is InChI=1S/C50H54N4O3/c1-9-51-38-28-24-32-18-13-15-22-36(32)44(38)49(5,6)40(51)30-26-34-20-17-21-35(42(34)43-46(55)53(11-3)48(57)54(12-4)47(43)56)27-31-41-50(7,8)45-37-23-16-14-19-33(37)25-29-39(45)52(41)10-2/h13-16,18-19,22-31H,9-12,17,20-21H2,1-8H3/p+1/b34-26+,40-30+. The van der Waals surface area contributed by atoms with E-state index >= 15 is 0 Å². The first-order valence-corrected chi connectivity index (χ1v) is 20.8. The van der Waals surface area contributed by atoms with E-state index < -0.39 is 11.2 Å². The maximum absolute atomic E-state index is 14.4. The maximum Gasteiger partial charge on any atom is 0.333 e. The molecule has 1 aliphatic carbocycles. The summed E-state index contributed by atoms with van der Waals surface area (Å²) in [5, 5.41) is 16.9. The smallest absolute Gasteiger partial charge is 0.333 e. The third-order valence-corrected chi connectivity index (χ3v) is 12.8. The first kappa shape index (κ1) is 38.2. The van der Waals surface area contributed by atoms with Crippen LogP contribution in [0.4, 0.5) is 11.4 Å². The summed E-state index contributed by atoms with van der Waals surface area (Å²) in [6, 6.07) is 26.1. The van der Waals surface area contributed by atoms with E-state index in [9.17, 15) is 14.7 Å². The first-order chi connectivity index (χ1) is 27.4. The number of aromatic hydroxyl groups is 1. The molecule has 3 heterocycles. The van der Waals surface area contributed by atoms with E-state index in [0.717, 1.165) is 49.1 Å². The van der Waals surface area contributed by atoms with Crippen LogP contribution < -0.4 is 16.1 Å². The van der Waals surface area contributed by atoms with Crippen molar-refractivity contribution < 1.29 is 9.68 Å². The Morgan fingerprint density at radius 3 is 2.02 bits per heavy atom. The lowest BCUT2D eigenvalue weighted by molar-refractivity contribution is -0.433. The third kappa shape index (κ3) is 5.80. The van der Waals surface area contributed by atoms with Gasteiger partial charge in [0.05, 0.1) is 5.41 Å². The van der Waals surface area contributed by atoms with E-state index in [0.29, 0.717) is 0 Å². The number of anilines is 1. The third-order valence-electron chi connectivity index (χ3n) is 12.8. The highest BCUT2D eigenvalue weighted by atomic mass is 16.3. The fraction of sp³-hybridized carbons (Fsp3) is 0.340. The number of allylic oxidation sites excluding steroid dienone is 8. The van der Waals surface area contributed by atoms with Crippen molar-refractivity contribution in [2.45, 2.75) is 98.6 Å². The summed E-state index contributed by atoms with van der Waals surface area (Å²) < 4.78 is 4.99. The van der Waals surface area contributed by atoms with Gasteiger partial charge >= 0.3 is 5.69 Å². The van der Waals surface area contributed by atoms with Crippen molar-refractivity contribution in [2.75, 3.05) is 18.0 Å². The van der Waals surface area contributed by atoms with Crippen molar-refractivity contribution in [3.8, 4) is 5.88 Å². The Morgan fingerprint density at radius 2 is 1.37 bits per heavy atom. The van der Waals surface area contributed by atoms with Crippen LogP contribution in [-0.2, 0) is 23.9 Å². The van der Waals surface area contributed by atoms with Crippen LogP contribution in [0.1, 0.15) is 91.3 Å². The highest BCUT2D eigenvalue weighted by molar-refractivity contribution is 6.08. The second-order valence-corrected chi connectivity index (χ2v) is 16.6. The zero-order valence-electron chi connectivity index (χ0n) is 34.7. The number of hydrogen-bond acceptors (Lipinski definition) is 4. The van der Waals surface area contributed by atoms with Crippen LogP contribution in [0.15, 0.2) is 124 Å². The van der Waals surface area contributed by atoms with E-state index in [1.165, 1.54) is 64.6 Å². The Hall–Kier alpha value is -5.69. The van der Waals surface area contributed by atoms with Gasteiger partial charge in [-0.25, -0.2) is 4.79 Å².